The predicted molar refractivity (Wildman–Crippen MR) is 392 cm³/mol. The number of hydrogen-bond acceptors (Lipinski definition) is 3. The van der Waals surface area contributed by atoms with E-state index < -0.39 is 9.84 Å². The Balaban J connectivity index is -0.00000000112. The first-order valence-corrected chi connectivity index (χ1v) is 14.4. The van der Waals surface area contributed by atoms with Crippen molar-refractivity contribution in [3.05, 3.63) is 64.3 Å². The van der Waals surface area contributed by atoms with Crippen molar-refractivity contribution >= 4 is 20.7 Å². The second-order valence-corrected chi connectivity index (χ2v) is 14.2. The van der Waals surface area contributed by atoms with Gasteiger partial charge in [0.05, 0.1) is 10.6 Å². The van der Waals surface area contributed by atoms with Gasteiger partial charge < -0.3 is 4.98 Å². The number of hydrogen-bond donors (Lipinski definition) is 1. The van der Waals surface area contributed by atoms with Crippen LogP contribution in [0.5, 0.6) is 0 Å². The molecule has 0 radical (unpaired) electrons. The van der Waals surface area contributed by atoms with Crippen molar-refractivity contribution < 1.29 is 174 Å². The molecule has 0 unspecified atom stereocenters. The van der Waals surface area contributed by atoms with Gasteiger partial charge in [-0.2, -0.15) is 0 Å². The van der Waals surface area contributed by atoms with E-state index in [-0.39, 0.29) is 188 Å². The summed E-state index contributed by atoms with van der Waals surface area (Å²) in [5, 5.41) is 1.21. The molecule has 0 bridgehead atoms. The van der Waals surface area contributed by atoms with Crippen LogP contribution in [0.25, 0.3) is 10.9 Å². The van der Waals surface area contributed by atoms with Crippen LogP contribution in [0.15, 0.2) is 41.4 Å². The number of fused-ring (bicyclic) bond motifs is 1. The first-order valence-electron chi connectivity index (χ1n) is 12.7. The number of benzene rings is 2. The van der Waals surface area contributed by atoms with Crippen LogP contribution in [0.4, 0.5) is 0 Å². The van der Waals surface area contributed by atoms with Crippen molar-refractivity contribution in [1.29, 1.82) is 0 Å². The molecule has 0 amide bonds. The number of sulfone groups is 1. The van der Waals surface area contributed by atoms with Gasteiger partial charge in [0.25, 0.3) is 0 Å². The van der Waals surface area contributed by atoms with Gasteiger partial charge in [-0.25, -0.2) is 8.42 Å². The average molecular weight is 729 g/mol. The fourth-order valence-corrected chi connectivity index (χ4v) is 7.75. The van der Waals surface area contributed by atoms with Gasteiger partial charge in [0.2, 0.25) is 0 Å². The second kappa shape index (κ2) is 8.48. The Labute approximate surface area is 384 Å². The van der Waals surface area contributed by atoms with Crippen LogP contribution in [0, 0.1) is 26.2 Å². The summed E-state index contributed by atoms with van der Waals surface area (Å²) in [6, 6.07) is 9.85. The molecule has 1 atom stereocenters. The number of likely N-dealkylation sites (N-methyl/N-ethyl adjacent to an activating group) is 1. The van der Waals surface area contributed by atoms with Crippen molar-refractivity contribution in [2.75, 3.05) is 19.3 Å². The van der Waals surface area contributed by atoms with Crippen LogP contribution in [0.2, 0.25) is 0 Å². The first kappa shape index (κ1) is 26.0. The highest BCUT2D eigenvalue weighted by atomic mass is 32.2. The lowest BCUT2D eigenvalue weighted by atomic mass is 9.57. The molecule has 5 heteroatoms. The van der Waals surface area contributed by atoms with E-state index in [1.165, 1.54) is 17.4 Å². The standard InChI is InChI=1S/C30H42N2O2S.116H2/c1-20-10-11-24(16-21(20)2)35(33,34)15-12-23-18-25-26(19-31-27(25)17-22(23)3)29(6,7)30(8)28(4,5)13-14-32(30)9;;;;;;;;;;;;;;;;;;;;;;;;;;;;;;;;;;;;;;;;;;;;;;;;;;;;;;;;;;;;;;;;;;;;;;;;;;;;;;;;;;;;;;;;;;;;;;;;;;;;;;;;;;;;;;;;;;;;/h10-11,16-19,31H,12-15H2,1-9H3;116*1H/t30-;;;;;;;;;;;;;;;;;;;;;;;;;;;;;;;;;;;;;;;;;;;;;;;;;;;;;;;;;;;;;;;;;;;;;;;;;;;;;;;;;;;;;;;;;;;;;;;;;;;;;;;;;;;;;;;;;;;;/m1..................................................................................................................../s1. The molecule has 1 N–H and O–H groups in total. The minimum atomic E-state index is -3.35. The number of aryl methyl sites for hydroxylation is 4. The fourth-order valence-electron chi connectivity index (χ4n) is 6.39. The third-order valence-corrected chi connectivity index (χ3v) is 11.4. The molecule has 0 spiro atoms. The summed E-state index contributed by atoms with van der Waals surface area (Å²) in [5.41, 5.74) is 6.81. The molecule has 1 aliphatic rings. The van der Waals surface area contributed by atoms with E-state index >= 15 is 0 Å². The lowest BCUT2D eigenvalue weighted by Crippen LogP contribution is -2.59. The van der Waals surface area contributed by atoms with Gasteiger partial charge in [-0.15, -0.1) is 0 Å². The lowest BCUT2D eigenvalue weighted by molar-refractivity contribution is 0.0234. The minimum absolute atomic E-state index is 0. The maximum atomic E-state index is 13.1. The number of likely N-dealkylation sites (tertiary alicyclic amines) is 1. The highest BCUT2D eigenvalue weighted by molar-refractivity contribution is 7.91. The molecule has 0 aliphatic carbocycles. The highest BCUT2D eigenvalue weighted by Crippen LogP contribution is 2.55. The van der Waals surface area contributed by atoms with Gasteiger partial charge in [0.1, 0.15) is 0 Å². The van der Waals surface area contributed by atoms with Gasteiger partial charge in [0.15, 0.2) is 9.84 Å². The molecule has 2 heterocycles. The SMILES string of the molecule is Cc1ccc(S(=O)(=O)CCc2cc3c(C(C)(C)[C@]4(C)N(C)CCC4(C)C)c[nH]c3cc2C)cc1C.[HH].[HH].[HH].[HH].[HH].[HH].[HH].[HH].[HH].[HH].[HH].[HH].[HH].[HH].[HH].[HH].[HH].[HH].[HH].[HH].[HH].[HH].[HH].[HH].[HH].[HH].[HH].[HH].[HH].[HH].[HH].[HH].[HH].[HH].[HH].[HH].[HH].[HH].[HH].[HH].[HH].[HH].[HH].[HH].[HH].[HH].[HH].[HH].[HH].[HH].[HH].[HH].[HH].[HH].[HH].[HH].[HH].[HH].[HH].[HH].[HH].[HH].[HH].[HH].[HH].[HH].[HH].[HH].[HH].[HH].[HH].[HH].[HH].[HH].[HH].[HH].[HH].[HH].[HH].[HH].[HH].[HH].[HH].[HH].[HH].[HH].[HH].[HH].[HH].[HH].[HH].[HH].[HH].[HH].[HH].[HH].[HH].[HH].[HH].[HH].[HH].[HH].[HH].[HH].[HH].[HH].[HH].[HH].[HH].[HH].[HH].[HH].[HH].[HH].[HH].[HH]. The van der Waals surface area contributed by atoms with E-state index in [1.54, 1.807) is 12.1 Å². The number of nitrogens with zero attached hydrogens (tertiary/aromatic N) is 1. The first-order chi connectivity index (χ1) is 16.1. The summed E-state index contributed by atoms with van der Waals surface area (Å²) in [7, 11) is -1.10. The molecule has 4 nitrogen and oxygen atoms in total. The van der Waals surface area contributed by atoms with Crippen LogP contribution in [0.3, 0.4) is 0 Å². The third-order valence-electron chi connectivity index (χ3n) is 9.66. The Bertz CT molecular complexity index is 1500. The number of rotatable bonds is 6. The van der Waals surface area contributed by atoms with E-state index in [1.807, 2.05) is 19.9 Å². The Morgan fingerprint density at radius 2 is 1.71 bits per heavy atom. The van der Waals surface area contributed by atoms with Crippen LogP contribution in [0.1, 0.15) is 234 Å². The van der Waals surface area contributed by atoms with Crippen molar-refractivity contribution in [2.24, 2.45) is 5.41 Å². The smallest absolute Gasteiger partial charge is 0.178 e. The summed E-state index contributed by atoms with van der Waals surface area (Å²) in [6.45, 7) is 19.1. The molecule has 1 aromatic heterocycles. The number of aromatic nitrogens is 1. The van der Waals surface area contributed by atoms with Crippen LogP contribution in [-0.2, 0) is 21.7 Å². The zero-order chi connectivity index (χ0) is 26.0. The highest BCUT2D eigenvalue weighted by Gasteiger charge is 2.58. The van der Waals surface area contributed by atoms with Gasteiger partial charge in [-0.1, -0.05) is 33.8 Å². The molecule has 35 heavy (non-hydrogen) atoms. The number of nitrogens with one attached hydrogen (secondary N) is 1. The number of H-pyrrole nitrogens is 1. The largest absolute Gasteiger partial charge is 0.361 e. The van der Waals surface area contributed by atoms with Crippen molar-refractivity contribution in [2.45, 2.75) is 84.1 Å². The van der Waals surface area contributed by atoms with Crippen molar-refractivity contribution in [3.8, 4) is 0 Å². The van der Waals surface area contributed by atoms with E-state index in [9.17, 15) is 8.42 Å². The van der Waals surface area contributed by atoms with Crippen LogP contribution in [-0.4, -0.2) is 43.2 Å². The van der Waals surface area contributed by atoms with E-state index in [0.29, 0.717) is 11.3 Å². The monoisotopic (exact) mass is 728 g/mol. The Hall–Kier alpha value is -2.11. The average Bonchev–Trinajstić information content (AvgIpc) is 3.28. The molecule has 1 aliphatic heterocycles. The summed E-state index contributed by atoms with van der Waals surface area (Å²) in [5.74, 6) is 0.110. The quantitative estimate of drug-likeness (QED) is 0.275. The van der Waals surface area contributed by atoms with Gasteiger partial charge >= 0.3 is 0 Å². The van der Waals surface area contributed by atoms with Crippen molar-refractivity contribution in [3.63, 3.8) is 0 Å². The fraction of sp³-hybridized carbons (Fsp3) is 0.533. The van der Waals surface area contributed by atoms with Crippen molar-refractivity contribution in [1.82, 2.24) is 9.88 Å². The third kappa shape index (κ3) is 4.05. The van der Waals surface area contributed by atoms with Gasteiger partial charge in [-0.05, 0) is 112 Å². The maximum absolute atomic E-state index is 13.1. The van der Waals surface area contributed by atoms with Crippen LogP contribution < -0.4 is 0 Å². The maximum Gasteiger partial charge on any atom is 0.178 e. The Kier molecular flexibility index (Phi) is 6.29. The summed E-state index contributed by atoms with van der Waals surface area (Å²) in [6.07, 6.45) is 3.85. The zero-order valence-electron chi connectivity index (χ0n) is 23.0. The predicted octanol–water partition coefficient (Wildman–Crippen LogP) is 35.0. The topological polar surface area (TPSA) is 53.2 Å². The number of aromatic amines is 1. The van der Waals surface area contributed by atoms with E-state index in [4.69, 9.17) is 0 Å². The van der Waals surface area contributed by atoms with Gasteiger partial charge in [0, 0.05) is 194 Å². The second-order valence-electron chi connectivity index (χ2n) is 12.1. The van der Waals surface area contributed by atoms with E-state index in [2.05, 4.69) is 76.8 Å². The Morgan fingerprint density at radius 3 is 2.31 bits per heavy atom. The molecule has 1 saturated heterocycles. The lowest BCUT2D eigenvalue weighted by Gasteiger charge is -2.53. The minimum Gasteiger partial charge on any atom is -0.361 e. The molecule has 3 aromatic rings. The molecular formula is C30H274N2O2S. The zero-order valence-corrected chi connectivity index (χ0v) is 23.8. The van der Waals surface area contributed by atoms with Crippen LogP contribution >= 0.6 is 0 Å². The molecule has 4 rings (SSSR count). The molecule has 422 valence electrons. The molecule has 0 saturated carbocycles. The van der Waals surface area contributed by atoms with Gasteiger partial charge in [-0.3, -0.25) is 4.90 Å². The normalized spacial score (nSPS) is 21.2. The van der Waals surface area contributed by atoms with E-state index in [0.717, 1.165) is 34.3 Å². The summed E-state index contributed by atoms with van der Waals surface area (Å²) >= 11 is 0. The molecule has 1 fully saturated rings. The molecule has 2 aromatic carbocycles. The summed E-state index contributed by atoms with van der Waals surface area (Å²) in [4.78, 5) is 6.46. The Morgan fingerprint density at radius 1 is 1.03 bits per heavy atom. The molecular weight excluding hydrogens is 452 g/mol. The summed E-state index contributed by atoms with van der Waals surface area (Å²) < 4.78 is 26.3.